The molecule has 0 spiro atoms. The standard InChI is InChI=1S/C20H20FNO2/c1-14-11-17(12-23)15(2)22(14)19-7-9-20(10-8-19)24-13-16-3-5-18(21)6-4-16/h3-11,23H,12-13H2,1-2H3. The number of nitrogens with zero attached hydrogens (tertiary/aromatic N) is 1. The van der Waals surface area contributed by atoms with Crippen LogP contribution in [-0.2, 0) is 13.2 Å². The number of aliphatic hydroxyl groups excluding tert-OH is 1. The number of rotatable bonds is 5. The highest BCUT2D eigenvalue weighted by atomic mass is 19.1. The smallest absolute Gasteiger partial charge is 0.123 e. The van der Waals surface area contributed by atoms with Gasteiger partial charge >= 0.3 is 0 Å². The zero-order valence-electron chi connectivity index (χ0n) is 13.8. The van der Waals surface area contributed by atoms with Gasteiger partial charge in [0.25, 0.3) is 0 Å². The fourth-order valence-corrected chi connectivity index (χ4v) is 2.83. The van der Waals surface area contributed by atoms with Gasteiger partial charge in [0.15, 0.2) is 0 Å². The SMILES string of the molecule is Cc1cc(CO)c(C)n1-c1ccc(OCc2ccc(F)cc2)cc1. The third-order valence-corrected chi connectivity index (χ3v) is 4.12. The second-order valence-electron chi connectivity index (χ2n) is 5.80. The van der Waals surface area contributed by atoms with Crippen molar-refractivity contribution < 1.29 is 14.2 Å². The summed E-state index contributed by atoms with van der Waals surface area (Å²) in [6, 6.07) is 16.1. The maximum absolute atomic E-state index is 12.9. The molecule has 0 atom stereocenters. The van der Waals surface area contributed by atoms with E-state index in [-0.39, 0.29) is 12.4 Å². The molecule has 0 amide bonds. The minimum Gasteiger partial charge on any atom is -0.489 e. The van der Waals surface area contributed by atoms with Crippen LogP contribution in [0.5, 0.6) is 5.75 Å². The van der Waals surface area contributed by atoms with Gasteiger partial charge in [0.2, 0.25) is 0 Å². The molecule has 124 valence electrons. The number of benzene rings is 2. The van der Waals surface area contributed by atoms with E-state index in [9.17, 15) is 9.50 Å². The lowest BCUT2D eigenvalue weighted by Crippen LogP contribution is -2.00. The van der Waals surface area contributed by atoms with E-state index in [1.165, 1.54) is 12.1 Å². The minimum absolute atomic E-state index is 0.0402. The average Bonchev–Trinajstić information content (AvgIpc) is 2.89. The minimum atomic E-state index is -0.247. The molecule has 1 N–H and O–H groups in total. The van der Waals surface area contributed by atoms with Crippen LogP contribution < -0.4 is 4.74 Å². The Morgan fingerprint density at radius 3 is 2.25 bits per heavy atom. The summed E-state index contributed by atoms with van der Waals surface area (Å²) in [6.07, 6.45) is 0. The Kier molecular flexibility index (Phi) is 4.67. The third kappa shape index (κ3) is 3.34. The lowest BCUT2D eigenvalue weighted by atomic mass is 10.2. The number of hydrogen-bond donors (Lipinski definition) is 1. The van der Waals surface area contributed by atoms with Crippen LogP contribution in [0.2, 0.25) is 0 Å². The molecule has 1 heterocycles. The Balaban J connectivity index is 1.74. The lowest BCUT2D eigenvalue weighted by Gasteiger charge is -2.11. The summed E-state index contributed by atoms with van der Waals surface area (Å²) in [6.45, 7) is 4.46. The van der Waals surface area contributed by atoms with Crippen molar-refractivity contribution in [3.05, 3.63) is 82.9 Å². The molecule has 0 aliphatic carbocycles. The largest absolute Gasteiger partial charge is 0.489 e. The summed E-state index contributed by atoms with van der Waals surface area (Å²) < 4.78 is 20.7. The molecule has 3 rings (SSSR count). The van der Waals surface area contributed by atoms with Gasteiger partial charge < -0.3 is 14.4 Å². The summed E-state index contributed by atoms with van der Waals surface area (Å²) in [5, 5.41) is 9.39. The van der Waals surface area contributed by atoms with Gasteiger partial charge in [-0.15, -0.1) is 0 Å². The van der Waals surface area contributed by atoms with Crippen LogP contribution in [0.25, 0.3) is 5.69 Å². The molecular formula is C20H20FNO2. The van der Waals surface area contributed by atoms with Gasteiger partial charge in [0, 0.05) is 17.1 Å². The summed E-state index contributed by atoms with van der Waals surface area (Å²) in [5.74, 6) is 0.510. The predicted molar refractivity (Wildman–Crippen MR) is 91.9 cm³/mol. The highest BCUT2D eigenvalue weighted by Crippen LogP contribution is 2.23. The molecule has 0 saturated carbocycles. The molecule has 0 aliphatic heterocycles. The van der Waals surface area contributed by atoms with Crippen LogP contribution >= 0.6 is 0 Å². The average molecular weight is 325 g/mol. The first-order chi connectivity index (χ1) is 11.6. The van der Waals surface area contributed by atoms with Crippen molar-refractivity contribution in [2.75, 3.05) is 0 Å². The van der Waals surface area contributed by atoms with Crippen molar-refractivity contribution in [1.82, 2.24) is 4.57 Å². The summed E-state index contributed by atoms with van der Waals surface area (Å²) in [7, 11) is 0. The topological polar surface area (TPSA) is 34.4 Å². The molecule has 1 aromatic heterocycles. The second-order valence-corrected chi connectivity index (χ2v) is 5.80. The maximum atomic E-state index is 12.9. The van der Waals surface area contributed by atoms with E-state index in [4.69, 9.17) is 4.74 Å². The highest BCUT2D eigenvalue weighted by molar-refractivity contribution is 5.43. The van der Waals surface area contributed by atoms with Crippen molar-refractivity contribution >= 4 is 0 Å². The number of hydrogen-bond acceptors (Lipinski definition) is 2. The van der Waals surface area contributed by atoms with Crippen LogP contribution in [0, 0.1) is 19.7 Å². The van der Waals surface area contributed by atoms with E-state index in [0.717, 1.165) is 34.0 Å². The van der Waals surface area contributed by atoms with Crippen molar-refractivity contribution in [1.29, 1.82) is 0 Å². The number of ether oxygens (including phenoxy) is 1. The van der Waals surface area contributed by atoms with E-state index in [0.29, 0.717) is 6.61 Å². The molecule has 24 heavy (non-hydrogen) atoms. The van der Waals surface area contributed by atoms with Gasteiger partial charge in [0.05, 0.1) is 6.61 Å². The molecule has 0 saturated heterocycles. The Labute approximate surface area is 140 Å². The summed E-state index contributed by atoms with van der Waals surface area (Å²) in [4.78, 5) is 0. The van der Waals surface area contributed by atoms with Crippen molar-refractivity contribution in [3.63, 3.8) is 0 Å². The third-order valence-electron chi connectivity index (χ3n) is 4.12. The van der Waals surface area contributed by atoms with E-state index in [1.54, 1.807) is 12.1 Å². The second kappa shape index (κ2) is 6.89. The van der Waals surface area contributed by atoms with Crippen LogP contribution in [0.15, 0.2) is 54.6 Å². The molecule has 0 unspecified atom stereocenters. The molecule has 0 radical (unpaired) electrons. The molecule has 0 aliphatic rings. The number of halogens is 1. The Bertz CT molecular complexity index is 820. The molecule has 3 aromatic rings. The molecule has 0 bridgehead atoms. The van der Waals surface area contributed by atoms with Gasteiger partial charge in [-0.1, -0.05) is 12.1 Å². The Morgan fingerprint density at radius 1 is 1.00 bits per heavy atom. The normalized spacial score (nSPS) is 10.8. The molecule has 4 heteroatoms. The van der Waals surface area contributed by atoms with Crippen molar-refractivity contribution in [2.45, 2.75) is 27.1 Å². The van der Waals surface area contributed by atoms with Crippen LogP contribution in [0.3, 0.4) is 0 Å². The fraction of sp³-hybridized carbons (Fsp3) is 0.200. The maximum Gasteiger partial charge on any atom is 0.123 e. The van der Waals surface area contributed by atoms with E-state index in [2.05, 4.69) is 4.57 Å². The van der Waals surface area contributed by atoms with Gasteiger partial charge in [-0.3, -0.25) is 0 Å². The summed E-state index contributed by atoms with van der Waals surface area (Å²) >= 11 is 0. The monoisotopic (exact) mass is 325 g/mol. The number of aliphatic hydroxyl groups is 1. The van der Waals surface area contributed by atoms with Crippen LogP contribution in [-0.4, -0.2) is 9.67 Å². The van der Waals surface area contributed by atoms with Gasteiger partial charge in [-0.05, 0) is 67.4 Å². The number of aromatic nitrogens is 1. The quantitative estimate of drug-likeness (QED) is 0.759. The van der Waals surface area contributed by atoms with Gasteiger partial charge in [-0.2, -0.15) is 0 Å². The molecule has 2 aromatic carbocycles. The first-order valence-corrected chi connectivity index (χ1v) is 7.85. The van der Waals surface area contributed by atoms with Crippen LogP contribution in [0.4, 0.5) is 4.39 Å². The zero-order valence-corrected chi connectivity index (χ0v) is 13.8. The van der Waals surface area contributed by atoms with Crippen molar-refractivity contribution in [3.8, 4) is 11.4 Å². The molecule has 3 nitrogen and oxygen atoms in total. The first-order valence-electron chi connectivity index (χ1n) is 7.85. The van der Waals surface area contributed by atoms with Crippen molar-refractivity contribution in [2.24, 2.45) is 0 Å². The Hall–Kier alpha value is -2.59. The van der Waals surface area contributed by atoms with E-state index < -0.39 is 0 Å². The number of aryl methyl sites for hydroxylation is 1. The lowest BCUT2D eigenvalue weighted by molar-refractivity contribution is 0.281. The van der Waals surface area contributed by atoms with E-state index >= 15 is 0 Å². The summed E-state index contributed by atoms with van der Waals surface area (Å²) in [5.41, 5.74) is 5.00. The molecular weight excluding hydrogens is 305 g/mol. The van der Waals surface area contributed by atoms with Gasteiger partial charge in [0.1, 0.15) is 18.2 Å². The first kappa shape index (κ1) is 16.3. The van der Waals surface area contributed by atoms with Gasteiger partial charge in [-0.25, -0.2) is 4.39 Å². The Morgan fingerprint density at radius 2 is 1.67 bits per heavy atom. The fourth-order valence-electron chi connectivity index (χ4n) is 2.83. The van der Waals surface area contributed by atoms with Crippen LogP contribution in [0.1, 0.15) is 22.5 Å². The predicted octanol–water partition coefficient (Wildman–Crippen LogP) is 4.30. The molecule has 0 fully saturated rings. The highest BCUT2D eigenvalue weighted by Gasteiger charge is 2.10. The van der Waals surface area contributed by atoms with E-state index in [1.807, 2.05) is 44.2 Å². The zero-order chi connectivity index (χ0) is 17.1.